The van der Waals surface area contributed by atoms with E-state index in [9.17, 15) is 5.26 Å². The molecule has 0 saturated heterocycles. The molecule has 6 nitrogen and oxygen atoms in total. The zero-order valence-corrected chi connectivity index (χ0v) is 16.2. The highest BCUT2D eigenvalue weighted by molar-refractivity contribution is 5.58. The topological polar surface area (TPSA) is 97.0 Å². The van der Waals surface area contributed by atoms with Gasteiger partial charge in [0, 0.05) is 11.3 Å². The van der Waals surface area contributed by atoms with E-state index in [-0.39, 0.29) is 5.88 Å². The predicted molar refractivity (Wildman–Crippen MR) is 109 cm³/mol. The van der Waals surface area contributed by atoms with E-state index in [2.05, 4.69) is 23.2 Å². The van der Waals surface area contributed by atoms with Gasteiger partial charge in [-0.1, -0.05) is 61.9 Å². The predicted octanol–water partition coefficient (Wildman–Crippen LogP) is 4.16. The second-order valence-electron chi connectivity index (χ2n) is 6.91. The van der Waals surface area contributed by atoms with Crippen LogP contribution in [0.15, 0.2) is 66.1 Å². The molecule has 3 aromatic rings. The average molecular weight is 386 g/mol. The molecule has 2 heterocycles. The number of hydrogen-bond donors (Lipinski definition) is 2. The van der Waals surface area contributed by atoms with E-state index in [0.717, 1.165) is 35.2 Å². The molecule has 146 valence electrons. The van der Waals surface area contributed by atoms with Gasteiger partial charge in [-0.2, -0.15) is 5.26 Å². The van der Waals surface area contributed by atoms with Gasteiger partial charge in [-0.25, -0.2) is 0 Å². The first-order valence-corrected chi connectivity index (χ1v) is 9.63. The number of H-pyrrole nitrogens is 1. The number of aryl methyl sites for hydroxylation is 1. The maximum atomic E-state index is 9.84. The van der Waals surface area contributed by atoms with Crippen LogP contribution in [0, 0.1) is 11.3 Å². The molecule has 6 heteroatoms. The van der Waals surface area contributed by atoms with Crippen LogP contribution in [0.2, 0.25) is 0 Å². The molecule has 2 aromatic carbocycles. The van der Waals surface area contributed by atoms with Crippen LogP contribution in [-0.2, 0) is 13.0 Å². The zero-order valence-electron chi connectivity index (χ0n) is 16.2. The lowest BCUT2D eigenvalue weighted by molar-refractivity contribution is 0.301. The summed E-state index contributed by atoms with van der Waals surface area (Å²) in [5, 5.41) is 17.2. The number of nitrogens with one attached hydrogen (secondary N) is 1. The van der Waals surface area contributed by atoms with E-state index in [0.29, 0.717) is 23.8 Å². The number of ether oxygens (including phenoxy) is 2. The van der Waals surface area contributed by atoms with Crippen molar-refractivity contribution in [2.45, 2.75) is 32.3 Å². The van der Waals surface area contributed by atoms with Crippen LogP contribution in [0.25, 0.3) is 0 Å². The number of para-hydroxylation sites is 1. The van der Waals surface area contributed by atoms with Crippen molar-refractivity contribution < 1.29 is 9.47 Å². The standard InChI is InChI=1S/C23H22N4O2/c1-2-8-18-21-20(17(13-24)22(25)29-23(21)27-26-18)16-11-6-7-12-19(16)28-14-15-9-4-3-5-10-15/h3-7,9-12,20H,2,8,14,25H2,1H3,(H,26,27)/t20-/m0/s1. The first-order chi connectivity index (χ1) is 14.2. The third kappa shape index (κ3) is 3.55. The lowest BCUT2D eigenvalue weighted by atomic mass is 9.83. The molecule has 1 aromatic heterocycles. The van der Waals surface area contributed by atoms with Crippen molar-refractivity contribution >= 4 is 0 Å². The van der Waals surface area contributed by atoms with Gasteiger partial charge in [0.05, 0.1) is 11.5 Å². The highest BCUT2D eigenvalue weighted by Crippen LogP contribution is 2.45. The van der Waals surface area contributed by atoms with E-state index in [4.69, 9.17) is 15.2 Å². The number of allylic oxidation sites excluding steroid dienone is 1. The number of rotatable bonds is 6. The molecule has 1 aliphatic heterocycles. The summed E-state index contributed by atoms with van der Waals surface area (Å²) in [4.78, 5) is 0. The molecule has 0 unspecified atom stereocenters. The van der Waals surface area contributed by atoms with Crippen LogP contribution in [0.5, 0.6) is 11.6 Å². The lowest BCUT2D eigenvalue weighted by Crippen LogP contribution is -2.21. The maximum Gasteiger partial charge on any atom is 0.244 e. The molecule has 0 aliphatic carbocycles. The minimum absolute atomic E-state index is 0.0809. The van der Waals surface area contributed by atoms with Gasteiger partial charge in [-0.3, -0.25) is 5.10 Å². The molecular weight excluding hydrogens is 364 g/mol. The summed E-state index contributed by atoms with van der Waals surface area (Å²) in [7, 11) is 0. The van der Waals surface area contributed by atoms with Crippen LogP contribution < -0.4 is 15.2 Å². The molecule has 29 heavy (non-hydrogen) atoms. The molecular formula is C23H22N4O2. The molecule has 0 radical (unpaired) electrons. The Morgan fingerprint density at radius 3 is 2.69 bits per heavy atom. The van der Waals surface area contributed by atoms with E-state index >= 15 is 0 Å². The number of aromatic nitrogens is 2. The molecule has 1 aliphatic rings. The Bertz CT molecular complexity index is 1080. The Kier molecular flexibility index (Phi) is 5.21. The maximum absolute atomic E-state index is 9.84. The fourth-order valence-electron chi connectivity index (χ4n) is 3.65. The lowest BCUT2D eigenvalue weighted by Gasteiger charge is -2.25. The number of fused-ring (bicyclic) bond motifs is 1. The second-order valence-corrected chi connectivity index (χ2v) is 6.91. The van der Waals surface area contributed by atoms with Crippen molar-refractivity contribution in [3.05, 3.63) is 88.4 Å². The third-order valence-corrected chi connectivity index (χ3v) is 4.99. The quantitative estimate of drug-likeness (QED) is 0.663. The van der Waals surface area contributed by atoms with E-state index < -0.39 is 5.92 Å². The van der Waals surface area contributed by atoms with Crippen molar-refractivity contribution in [3.63, 3.8) is 0 Å². The molecule has 0 amide bonds. The minimum Gasteiger partial charge on any atom is -0.489 e. The Hall–Kier alpha value is -3.72. The summed E-state index contributed by atoms with van der Waals surface area (Å²) in [5.41, 5.74) is 10.2. The van der Waals surface area contributed by atoms with Gasteiger partial charge in [-0.05, 0) is 18.1 Å². The Morgan fingerprint density at radius 2 is 1.93 bits per heavy atom. The summed E-state index contributed by atoms with van der Waals surface area (Å²) in [5.74, 6) is 0.819. The molecule has 1 atom stereocenters. The van der Waals surface area contributed by atoms with Crippen molar-refractivity contribution in [2.24, 2.45) is 5.73 Å². The van der Waals surface area contributed by atoms with Gasteiger partial charge in [0.25, 0.3) is 0 Å². The number of nitriles is 1. The van der Waals surface area contributed by atoms with Crippen LogP contribution in [0.1, 0.15) is 41.6 Å². The number of aromatic amines is 1. The SMILES string of the molecule is CCCc1[nH]nc2c1[C@@H](c1ccccc1OCc1ccccc1)C(C#N)=C(N)O2. The van der Waals surface area contributed by atoms with Crippen LogP contribution >= 0.6 is 0 Å². The smallest absolute Gasteiger partial charge is 0.244 e. The summed E-state index contributed by atoms with van der Waals surface area (Å²) < 4.78 is 11.8. The first-order valence-electron chi connectivity index (χ1n) is 9.63. The molecule has 0 fully saturated rings. The third-order valence-electron chi connectivity index (χ3n) is 4.99. The van der Waals surface area contributed by atoms with Gasteiger partial charge in [0.2, 0.25) is 11.8 Å². The van der Waals surface area contributed by atoms with E-state index in [1.54, 1.807) is 0 Å². The number of benzene rings is 2. The zero-order chi connectivity index (χ0) is 20.2. The van der Waals surface area contributed by atoms with Gasteiger partial charge in [0.1, 0.15) is 24.0 Å². The summed E-state index contributed by atoms with van der Waals surface area (Å²) >= 11 is 0. The molecule has 0 bridgehead atoms. The average Bonchev–Trinajstić information content (AvgIpc) is 3.14. The van der Waals surface area contributed by atoms with Gasteiger partial charge < -0.3 is 15.2 Å². The van der Waals surface area contributed by atoms with Gasteiger partial charge in [-0.15, -0.1) is 5.10 Å². The largest absolute Gasteiger partial charge is 0.489 e. The van der Waals surface area contributed by atoms with Crippen molar-refractivity contribution in [1.29, 1.82) is 5.26 Å². The Labute approximate surface area is 169 Å². The fourth-order valence-corrected chi connectivity index (χ4v) is 3.65. The Morgan fingerprint density at radius 1 is 1.17 bits per heavy atom. The molecule has 3 N–H and O–H groups in total. The second kappa shape index (κ2) is 8.11. The summed E-state index contributed by atoms with van der Waals surface area (Å²) in [6, 6.07) is 19.9. The van der Waals surface area contributed by atoms with Crippen LogP contribution in [-0.4, -0.2) is 10.2 Å². The van der Waals surface area contributed by atoms with Crippen LogP contribution in [0.3, 0.4) is 0 Å². The molecule has 0 spiro atoms. The highest BCUT2D eigenvalue weighted by atomic mass is 16.5. The van der Waals surface area contributed by atoms with E-state index in [1.165, 1.54) is 0 Å². The van der Waals surface area contributed by atoms with Crippen LogP contribution in [0.4, 0.5) is 0 Å². The molecule has 0 saturated carbocycles. The van der Waals surface area contributed by atoms with Crippen molar-refractivity contribution in [3.8, 4) is 17.7 Å². The highest BCUT2D eigenvalue weighted by Gasteiger charge is 2.36. The van der Waals surface area contributed by atoms with Gasteiger partial charge in [0.15, 0.2) is 0 Å². The van der Waals surface area contributed by atoms with Gasteiger partial charge >= 0.3 is 0 Å². The van der Waals surface area contributed by atoms with E-state index in [1.807, 2.05) is 54.6 Å². The normalized spacial score (nSPS) is 15.4. The van der Waals surface area contributed by atoms with Crippen molar-refractivity contribution in [1.82, 2.24) is 10.2 Å². The number of hydrogen-bond acceptors (Lipinski definition) is 5. The minimum atomic E-state index is -0.393. The monoisotopic (exact) mass is 386 g/mol. The first kappa shape index (κ1) is 18.6. The number of nitrogens with zero attached hydrogens (tertiary/aromatic N) is 2. The summed E-state index contributed by atoms with van der Waals surface area (Å²) in [6.07, 6.45) is 1.74. The fraction of sp³-hybridized carbons (Fsp3) is 0.217. The summed E-state index contributed by atoms with van der Waals surface area (Å²) in [6.45, 7) is 2.53. The number of nitrogens with two attached hydrogens (primary N) is 1. The van der Waals surface area contributed by atoms with Crippen molar-refractivity contribution in [2.75, 3.05) is 0 Å². The Balaban J connectivity index is 1.77. The molecule has 4 rings (SSSR count).